The lowest BCUT2D eigenvalue weighted by molar-refractivity contribution is 0.226. The average molecular weight is 325 g/mol. The van der Waals surface area contributed by atoms with Crippen molar-refractivity contribution in [1.29, 1.82) is 0 Å². The van der Waals surface area contributed by atoms with E-state index < -0.39 is 0 Å². The van der Waals surface area contributed by atoms with Gasteiger partial charge in [0.25, 0.3) is 0 Å². The molecule has 0 spiro atoms. The van der Waals surface area contributed by atoms with E-state index in [4.69, 9.17) is 0 Å². The van der Waals surface area contributed by atoms with Crippen molar-refractivity contribution < 1.29 is 0 Å². The van der Waals surface area contributed by atoms with Crippen molar-refractivity contribution in [1.82, 2.24) is 10.2 Å². The maximum Gasteiger partial charge on any atom is 0.0175 e. The number of piperidine rings is 1. The van der Waals surface area contributed by atoms with Gasteiger partial charge in [0.2, 0.25) is 0 Å². The monoisotopic (exact) mass is 324 g/mol. The van der Waals surface area contributed by atoms with E-state index in [1.807, 2.05) is 0 Å². The molecule has 1 aromatic rings. The molecule has 0 atom stereocenters. The molecule has 1 saturated heterocycles. The Bertz CT molecular complexity index is 344. The van der Waals surface area contributed by atoms with Crippen LogP contribution in [0.5, 0.6) is 0 Å². The fourth-order valence-electron chi connectivity index (χ4n) is 2.62. The molecule has 1 aromatic carbocycles. The van der Waals surface area contributed by atoms with Crippen LogP contribution in [0.3, 0.4) is 0 Å². The fourth-order valence-corrected chi connectivity index (χ4v) is 2.88. The smallest absolute Gasteiger partial charge is 0.0175 e. The Morgan fingerprint density at radius 3 is 2.47 bits per heavy atom. The predicted molar refractivity (Wildman–Crippen MR) is 85.6 cm³/mol. The quantitative estimate of drug-likeness (QED) is 0.773. The minimum Gasteiger partial charge on any atom is -0.316 e. The van der Waals surface area contributed by atoms with E-state index in [1.165, 1.54) is 50.9 Å². The number of benzene rings is 1. The van der Waals surface area contributed by atoms with Crippen LogP contribution < -0.4 is 5.32 Å². The zero-order valence-corrected chi connectivity index (χ0v) is 13.3. The number of halogens is 1. The van der Waals surface area contributed by atoms with E-state index in [2.05, 4.69) is 50.4 Å². The van der Waals surface area contributed by atoms with Gasteiger partial charge < -0.3 is 10.2 Å². The molecule has 0 amide bonds. The molecule has 19 heavy (non-hydrogen) atoms. The lowest BCUT2D eigenvalue weighted by Crippen LogP contribution is -2.32. The maximum absolute atomic E-state index is 3.55. The predicted octanol–water partition coefficient (Wildman–Crippen LogP) is 3.46. The summed E-state index contributed by atoms with van der Waals surface area (Å²) in [5.41, 5.74) is 1.41. The summed E-state index contributed by atoms with van der Waals surface area (Å²) in [7, 11) is 0. The first-order valence-corrected chi connectivity index (χ1v) is 8.31. The molecule has 0 radical (unpaired) electrons. The molecule has 0 unspecified atom stereocenters. The molecule has 2 rings (SSSR count). The first-order chi connectivity index (χ1) is 9.34. The third-order valence-electron chi connectivity index (χ3n) is 3.78. The number of rotatable bonds is 7. The standard InChI is InChI=1S/C16H25BrN2/c17-16-7-5-15(6-8-16)9-11-18-10-4-14-19-12-2-1-3-13-19/h5-8,18H,1-4,9-14H2. The van der Waals surface area contributed by atoms with Gasteiger partial charge in [-0.15, -0.1) is 0 Å². The SMILES string of the molecule is Brc1ccc(CCNCCCN2CCCCC2)cc1. The zero-order valence-electron chi connectivity index (χ0n) is 11.7. The van der Waals surface area contributed by atoms with Gasteiger partial charge in [0.05, 0.1) is 0 Å². The second-order valence-corrected chi connectivity index (χ2v) is 6.30. The molecular weight excluding hydrogens is 300 g/mol. The van der Waals surface area contributed by atoms with Gasteiger partial charge in [-0.2, -0.15) is 0 Å². The molecule has 2 nitrogen and oxygen atoms in total. The fraction of sp³-hybridized carbons (Fsp3) is 0.625. The van der Waals surface area contributed by atoms with Crippen molar-refractivity contribution >= 4 is 15.9 Å². The Morgan fingerprint density at radius 1 is 1.00 bits per heavy atom. The second-order valence-electron chi connectivity index (χ2n) is 5.38. The van der Waals surface area contributed by atoms with Crippen LogP contribution in [-0.4, -0.2) is 37.6 Å². The van der Waals surface area contributed by atoms with Crippen LogP contribution in [-0.2, 0) is 6.42 Å². The van der Waals surface area contributed by atoms with Gasteiger partial charge in [-0.05, 0) is 76.1 Å². The largest absolute Gasteiger partial charge is 0.316 e. The van der Waals surface area contributed by atoms with Gasteiger partial charge in [0.1, 0.15) is 0 Å². The highest BCUT2D eigenvalue weighted by Gasteiger charge is 2.08. The summed E-state index contributed by atoms with van der Waals surface area (Å²) in [5.74, 6) is 0. The van der Waals surface area contributed by atoms with Gasteiger partial charge in [-0.25, -0.2) is 0 Å². The molecule has 1 aliphatic rings. The van der Waals surface area contributed by atoms with Crippen LogP contribution in [0.2, 0.25) is 0 Å². The van der Waals surface area contributed by atoms with Gasteiger partial charge in [-0.3, -0.25) is 0 Å². The summed E-state index contributed by atoms with van der Waals surface area (Å²) in [4.78, 5) is 2.61. The van der Waals surface area contributed by atoms with Crippen LogP contribution in [0.15, 0.2) is 28.7 Å². The number of hydrogen-bond acceptors (Lipinski definition) is 2. The van der Waals surface area contributed by atoms with Gasteiger partial charge in [0, 0.05) is 4.47 Å². The summed E-state index contributed by atoms with van der Waals surface area (Å²) in [5, 5.41) is 3.55. The van der Waals surface area contributed by atoms with Crippen LogP contribution in [0.4, 0.5) is 0 Å². The summed E-state index contributed by atoms with van der Waals surface area (Å²) < 4.78 is 1.16. The Labute approximate surface area is 125 Å². The lowest BCUT2D eigenvalue weighted by atomic mass is 10.1. The number of hydrogen-bond donors (Lipinski definition) is 1. The molecule has 0 bridgehead atoms. The number of nitrogens with zero attached hydrogens (tertiary/aromatic N) is 1. The van der Waals surface area contributed by atoms with E-state index in [-0.39, 0.29) is 0 Å². The summed E-state index contributed by atoms with van der Waals surface area (Å²) in [6.45, 7) is 6.14. The van der Waals surface area contributed by atoms with E-state index in [0.717, 1.165) is 24.0 Å². The van der Waals surface area contributed by atoms with E-state index in [1.54, 1.807) is 0 Å². The molecule has 0 aliphatic carbocycles. The second kappa shape index (κ2) is 8.72. The number of nitrogens with one attached hydrogen (secondary N) is 1. The van der Waals surface area contributed by atoms with E-state index >= 15 is 0 Å². The molecule has 0 saturated carbocycles. The molecule has 1 fully saturated rings. The highest BCUT2D eigenvalue weighted by Crippen LogP contribution is 2.10. The third-order valence-corrected chi connectivity index (χ3v) is 4.31. The third kappa shape index (κ3) is 6.07. The Balaban J connectivity index is 1.49. The maximum atomic E-state index is 3.55. The summed E-state index contributed by atoms with van der Waals surface area (Å²) in [6.07, 6.45) is 6.63. The van der Waals surface area contributed by atoms with Crippen molar-refractivity contribution in [3.8, 4) is 0 Å². The van der Waals surface area contributed by atoms with Crippen LogP contribution in [0.25, 0.3) is 0 Å². The van der Waals surface area contributed by atoms with Crippen LogP contribution >= 0.6 is 15.9 Å². The molecule has 106 valence electrons. The normalized spacial score (nSPS) is 16.7. The van der Waals surface area contributed by atoms with Crippen LogP contribution in [0.1, 0.15) is 31.2 Å². The van der Waals surface area contributed by atoms with Gasteiger partial charge in [-0.1, -0.05) is 34.5 Å². The van der Waals surface area contributed by atoms with Crippen molar-refractivity contribution in [2.45, 2.75) is 32.1 Å². The van der Waals surface area contributed by atoms with E-state index in [9.17, 15) is 0 Å². The average Bonchev–Trinajstić information content (AvgIpc) is 2.46. The lowest BCUT2D eigenvalue weighted by Gasteiger charge is -2.26. The van der Waals surface area contributed by atoms with Crippen molar-refractivity contribution in [3.05, 3.63) is 34.3 Å². The Kier molecular flexibility index (Phi) is 6.90. The topological polar surface area (TPSA) is 15.3 Å². The molecule has 1 N–H and O–H groups in total. The van der Waals surface area contributed by atoms with Gasteiger partial charge in [0.15, 0.2) is 0 Å². The molecule has 3 heteroatoms. The molecule has 1 aliphatic heterocycles. The highest BCUT2D eigenvalue weighted by molar-refractivity contribution is 9.10. The van der Waals surface area contributed by atoms with Crippen molar-refractivity contribution in [2.75, 3.05) is 32.7 Å². The minimum absolute atomic E-state index is 1.08. The zero-order chi connectivity index (χ0) is 13.3. The molecular formula is C16H25BrN2. The number of likely N-dealkylation sites (tertiary alicyclic amines) is 1. The van der Waals surface area contributed by atoms with Gasteiger partial charge >= 0.3 is 0 Å². The van der Waals surface area contributed by atoms with Crippen molar-refractivity contribution in [2.24, 2.45) is 0 Å². The highest BCUT2D eigenvalue weighted by atomic mass is 79.9. The molecule has 0 aromatic heterocycles. The summed E-state index contributed by atoms with van der Waals surface area (Å²) in [6, 6.07) is 8.62. The minimum atomic E-state index is 1.08. The first kappa shape index (κ1) is 15.0. The Hall–Kier alpha value is -0.380. The first-order valence-electron chi connectivity index (χ1n) is 7.52. The molecule has 1 heterocycles. The Morgan fingerprint density at radius 2 is 1.74 bits per heavy atom. The van der Waals surface area contributed by atoms with E-state index in [0.29, 0.717) is 0 Å². The summed E-state index contributed by atoms with van der Waals surface area (Å²) >= 11 is 3.47. The van der Waals surface area contributed by atoms with Crippen molar-refractivity contribution in [3.63, 3.8) is 0 Å². The van der Waals surface area contributed by atoms with Crippen LogP contribution in [0, 0.1) is 0 Å².